The van der Waals surface area contributed by atoms with Gasteiger partial charge in [0.2, 0.25) is 0 Å². The van der Waals surface area contributed by atoms with Crippen LogP contribution >= 0.6 is 0 Å². The van der Waals surface area contributed by atoms with E-state index in [9.17, 15) is 0 Å². The van der Waals surface area contributed by atoms with E-state index in [-0.39, 0.29) is 0 Å². The summed E-state index contributed by atoms with van der Waals surface area (Å²) in [5, 5.41) is 3.48. The Labute approximate surface area is 73.8 Å². The van der Waals surface area contributed by atoms with Gasteiger partial charge in [0.05, 0.1) is 0 Å². The van der Waals surface area contributed by atoms with Crippen LogP contribution in [0.15, 0.2) is 18.2 Å². The van der Waals surface area contributed by atoms with Crippen LogP contribution < -0.4 is 5.32 Å². The third-order valence-electron chi connectivity index (χ3n) is 2.69. The molecule has 1 N–H and O–H groups in total. The maximum absolute atomic E-state index is 3.48. The average Bonchev–Trinajstić information content (AvgIpc) is 2.04. The van der Waals surface area contributed by atoms with Crippen molar-refractivity contribution in [3.8, 4) is 0 Å². The predicted molar refractivity (Wildman–Crippen MR) is 51.3 cm³/mol. The van der Waals surface area contributed by atoms with Crippen molar-refractivity contribution in [2.45, 2.75) is 26.3 Å². The minimum absolute atomic E-state index is 0.537. The zero-order valence-corrected chi connectivity index (χ0v) is 7.72. The summed E-state index contributed by atoms with van der Waals surface area (Å²) >= 11 is 0. The molecule has 0 fully saturated rings. The lowest BCUT2D eigenvalue weighted by molar-refractivity contribution is 0.538. The van der Waals surface area contributed by atoms with Crippen molar-refractivity contribution in [3.05, 3.63) is 34.9 Å². The molecule has 64 valence electrons. The molecule has 0 radical (unpaired) electrons. The largest absolute Gasteiger partial charge is 0.310 e. The standard InChI is InChI=1S/C11H15N/c1-8-4-3-5-10-6-7-12-9(2)11(8)10/h3-5,9,12H,6-7H2,1-2H3/t9-/m1/s1. The molecule has 1 heterocycles. The van der Waals surface area contributed by atoms with Gasteiger partial charge in [-0.3, -0.25) is 0 Å². The minimum atomic E-state index is 0.537. The molecule has 0 spiro atoms. The number of rotatable bonds is 0. The lowest BCUT2D eigenvalue weighted by Crippen LogP contribution is -2.28. The van der Waals surface area contributed by atoms with Crippen molar-refractivity contribution >= 4 is 0 Å². The first-order valence-corrected chi connectivity index (χ1v) is 4.61. The van der Waals surface area contributed by atoms with E-state index in [4.69, 9.17) is 0 Å². The molecule has 0 saturated heterocycles. The van der Waals surface area contributed by atoms with Gasteiger partial charge in [0.1, 0.15) is 0 Å². The molecule has 2 rings (SSSR count). The maximum atomic E-state index is 3.48. The molecule has 1 nitrogen and oxygen atoms in total. The number of fused-ring (bicyclic) bond motifs is 1. The van der Waals surface area contributed by atoms with Crippen LogP contribution in [0.2, 0.25) is 0 Å². The van der Waals surface area contributed by atoms with Crippen LogP contribution in [0.25, 0.3) is 0 Å². The molecule has 0 aliphatic carbocycles. The van der Waals surface area contributed by atoms with E-state index in [1.165, 1.54) is 23.1 Å². The van der Waals surface area contributed by atoms with E-state index in [0.717, 1.165) is 6.54 Å². The Morgan fingerprint density at radius 2 is 2.25 bits per heavy atom. The van der Waals surface area contributed by atoms with Gasteiger partial charge >= 0.3 is 0 Å². The monoisotopic (exact) mass is 161 g/mol. The second-order valence-corrected chi connectivity index (χ2v) is 3.57. The third kappa shape index (κ3) is 1.14. The summed E-state index contributed by atoms with van der Waals surface area (Å²) in [7, 11) is 0. The summed E-state index contributed by atoms with van der Waals surface area (Å²) in [5.41, 5.74) is 4.47. The van der Waals surface area contributed by atoms with Crippen LogP contribution in [0.3, 0.4) is 0 Å². The smallest absolute Gasteiger partial charge is 0.0297 e. The van der Waals surface area contributed by atoms with Crippen LogP contribution in [-0.2, 0) is 6.42 Å². The summed E-state index contributed by atoms with van der Waals surface area (Å²) in [5.74, 6) is 0. The zero-order valence-electron chi connectivity index (χ0n) is 7.72. The fourth-order valence-corrected chi connectivity index (χ4v) is 2.10. The fraction of sp³-hybridized carbons (Fsp3) is 0.455. The van der Waals surface area contributed by atoms with Crippen molar-refractivity contribution in [1.82, 2.24) is 5.32 Å². The van der Waals surface area contributed by atoms with E-state index < -0.39 is 0 Å². The molecule has 1 atom stereocenters. The molecule has 0 amide bonds. The molecule has 12 heavy (non-hydrogen) atoms. The first-order chi connectivity index (χ1) is 5.79. The Kier molecular flexibility index (Phi) is 1.89. The lowest BCUT2D eigenvalue weighted by atomic mass is 9.91. The Hall–Kier alpha value is -0.820. The molecule has 0 saturated carbocycles. The van der Waals surface area contributed by atoms with Gasteiger partial charge in [0, 0.05) is 6.04 Å². The SMILES string of the molecule is Cc1cccc2c1[C@@H](C)NCC2. The number of hydrogen-bond acceptors (Lipinski definition) is 1. The van der Waals surface area contributed by atoms with E-state index in [1.54, 1.807) is 0 Å². The summed E-state index contributed by atoms with van der Waals surface area (Å²) in [6.07, 6.45) is 1.18. The van der Waals surface area contributed by atoms with Crippen molar-refractivity contribution in [1.29, 1.82) is 0 Å². The molecule has 0 unspecified atom stereocenters. The molecule has 1 aromatic rings. The quantitative estimate of drug-likeness (QED) is 0.615. The van der Waals surface area contributed by atoms with Gasteiger partial charge in [-0.15, -0.1) is 0 Å². The second kappa shape index (κ2) is 2.91. The predicted octanol–water partition coefficient (Wildman–Crippen LogP) is 2.20. The van der Waals surface area contributed by atoms with E-state index in [0.29, 0.717) is 6.04 Å². The van der Waals surface area contributed by atoms with E-state index in [2.05, 4.69) is 37.4 Å². The minimum Gasteiger partial charge on any atom is -0.310 e. The van der Waals surface area contributed by atoms with Crippen molar-refractivity contribution in [2.75, 3.05) is 6.54 Å². The van der Waals surface area contributed by atoms with Crippen LogP contribution in [0.1, 0.15) is 29.7 Å². The zero-order chi connectivity index (χ0) is 8.55. The Morgan fingerprint density at radius 1 is 1.42 bits per heavy atom. The van der Waals surface area contributed by atoms with Crippen LogP contribution in [0.5, 0.6) is 0 Å². The maximum Gasteiger partial charge on any atom is 0.0297 e. The third-order valence-corrected chi connectivity index (χ3v) is 2.69. The number of benzene rings is 1. The highest BCUT2D eigenvalue weighted by molar-refractivity contribution is 5.38. The Balaban J connectivity index is 2.53. The highest BCUT2D eigenvalue weighted by Gasteiger charge is 2.16. The number of nitrogens with one attached hydrogen (secondary N) is 1. The molecule has 0 aromatic heterocycles. The van der Waals surface area contributed by atoms with Gasteiger partial charge in [-0.25, -0.2) is 0 Å². The summed E-state index contributed by atoms with van der Waals surface area (Å²) in [4.78, 5) is 0. The van der Waals surface area contributed by atoms with Gasteiger partial charge in [-0.1, -0.05) is 18.2 Å². The van der Waals surface area contributed by atoms with Gasteiger partial charge in [0.25, 0.3) is 0 Å². The fourth-order valence-electron chi connectivity index (χ4n) is 2.10. The van der Waals surface area contributed by atoms with Crippen molar-refractivity contribution in [3.63, 3.8) is 0 Å². The molecule has 0 bridgehead atoms. The van der Waals surface area contributed by atoms with E-state index in [1.807, 2.05) is 0 Å². The second-order valence-electron chi connectivity index (χ2n) is 3.57. The molecule has 1 heteroatoms. The first-order valence-electron chi connectivity index (χ1n) is 4.61. The molecule has 1 aromatic carbocycles. The van der Waals surface area contributed by atoms with Crippen molar-refractivity contribution in [2.24, 2.45) is 0 Å². The van der Waals surface area contributed by atoms with Gasteiger partial charge in [0.15, 0.2) is 0 Å². The normalized spacial score (nSPS) is 22.0. The molecule has 1 aliphatic heterocycles. The van der Waals surface area contributed by atoms with Crippen LogP contribution in [0.4, 0.5) is 0 Å². The van der Waals surface area contributed by atoms with Gasteiger partial charge in [-0.05, 0) is 43.5 Å². The molecular weight excluding hydrogens is 146 g/mol. The van der Waals surface area contributed by atoms with Gasteiger partial charge < -0.3 is 5.32 Å². The molecule has 1 aliphatic rings. The average molecular weight is 161 g/mol. The van der Waals surface area contributed by atoms with Crippen LogP contribution in [-0.4, -0.2) is 6.54 Å². The van der Waals surface area contributed by atoms with Gasteiger partial charge in [-0.2, -0.15) is 0 Å². The topological polar surface area (TPSA) is 12.0 Å². The number of aryl methyl sites for hydroxylation is 1. The number of hydrogen-bond donors (Lipinski definition) is 1. The lowest BCUT2D eigenvalue weighted by Gasteiger charge is -2.25. The summed E-state index contributed by atoms with van der Waals surface area (Å²) in [6.45, 7) is 5.56. The highest BCUT2D eigenvalue weighted by Crippen LogP contribution is 2.25. The highest BCUT2D eigenvalue weighted by atomic mass is 14.9. The van der Waals surface area contributed by atoms with E-state index >= 15 is 0 Å². The van der Waals surface area contributed by atoms with Crippen molar-refractivity contribution < 1.29 is 0 Å². The molecular formula is C11H15N. The Morgan fingerprint density at radius 3 is 3.00 bits per heavy atom. The Bertz CT molecular complexity index is 291. The summed E-state index contributed by atoms with van der Waals surface area (Å²) in [6, 6.07) is 7.14. The first kappa shape index (κ1) is 7.81. The summed E-state index contributed by atoms with van der Waals surface area (Å²) < 4.78 is 0. The van der Waals surface area contributed by atoms with Crippen LogP contribution in [0, 0.1) is 6.92 Å².